The Balaban J connectivity index is 2.27. The molecule has 90 valence electrons. The van der Waals surface area contributed by atoms with E-state index in [0.717, 1.165) is 15.8 Å². The van der Waals surface area contributed by atoms with Gasteiger partial charge in [0.15, 0.2) is 5.82 Å². The summed E-state index contributed by atoms with van der Waals surface area (Å²) in [7, 11) is 0. The third-order valence-corrected chi connectivity index (χ3v) is 3.60. The lowest BCUT2D eigenvalue weighted by atomic mass is 10.1. The van der Waals surface area contributed by atoms with Crippen molar-refractivity contribution in [3.05, 3.63) is 41.0 Å². The number of rotatable bonds is 1. The predicted octanol–water partition coefficient (Wildman–Crippen LogP) is 3.39. The molecule has 0 unspecified atom stereocenters. The molecule has 2 N–H and O–H groups in total. The number of aromatic nitrogens is 2. The lowest BCUT2D eigenvalue weighted by Crippen LogP contribution is -1.97. The molecule has 0 bridgehead atoms. The lowest BCUT2D eigenvalue weighted by molar-refractivity contribution is 0.628. The Morgan fingerprint density at radius 3 is 2.89 bits per heavy atom. The third kappa shape index (κ3) is 1.73. The molecule has 3 aromatic rings. The highest BCUT2D eigenvalue weighted by Crippen LogP contribution is 2.28. The molecule has 1 aromatic carbocycles. The Bertz CT molecular complexity index is 736. The van der Waals surface area contributed by atoms with Crippen LogP contribution in [-0.2, 0) is 0 Å². The summed E-state index contributed by atoms with van der Waals surface area (Å²) in [6.07, 6.45) is 0. The second kappa shape index (κ2) is 4.03. The molecule has 0 radical (unpaired) electrons. The zero-order valence-electron chi connectivity index (χ0n) is 9.64. The van der Waals surface area contributed by atoms with Gasteiger partial charge in [0.05, 0.1) is 5.39 Å². The minimum absolute atomic E-state index is 0.302. The van der Waals surface area contributed by atoms with Gasteiger partial charge in [0.25, 0.3) is 0 Å². The van der Waals surface area contributed by atoms with Gasteiger partial charge in [-0.2, -0.15) is 0 Å². The van der Waals surface area contributed by atoms with E-state index in [1.165, 1.54) is 23.5 Å². The summed E-state index contributed by atoms with van der Waals surface area (Å²) in [5, 5.41) is 2.76. The average Bonchev–Trinajstić information content (AvgIpc) is 2.81. The molecule has 0 saturated heterocycles. The van der Waals surface area contributed by atoms with Crippen molar-refractivity contribution in [1.82, 2.24) is 9.97 Å². The molecular formula is C13H10FN3S. The molecule has 0 amide bonds. The van der Waals surface area contributed by atoms with Gasteiger partial charge < -0.3 is 5.73 Å². The highest BCUT2D eigenvalue weighted by Gasteiger charge is 2.11. The minimum atomic E-state index is -0.302. The second-order valence-corrected chi connectivity index (χ2v) is 4.93. The number of nitrogen functional groups attached to an aromatic ring is 1. The number of thiophene rings is 1. The van der Waals surface area contributed by atoms with E-state index in [-0.39, 0.29) is 5.82 Å². The maximum absolute atomic E-state index is 13.3. The molecule has 2 aromatic heterocycles. The fraction of sp³-hybridized carbons (Fsp3) is 0.0769. The van der Waals surface area contributed by atoms with Crippen LogP contribution in [0.5, 0.6) is 0 Å². The molecule has 0 spiro atoms. The summed E-state index contributed by atoms with van der Waals surface area (Å²) in [5.41, 5.74) is 7.49. The zero-order chi connectivity index (χ0) is 12.7. The molecule has 3 nitrogen and oxygen atoms in total. The van der Waals surface area contributed by atoms with Crippen molar-refractivity contribution < 1.29 is 4.39 Å². The number of benzene rings is 1. The molecule has 5 heteroatoms. The number of aryl methyl sites for hydroxylation is 1. The van der Waals surface area contributed by atoms with Crippen LogP contribution in [0.4, 0.5) is 10.2 Å². The summed E-state index contributed by atoms with van der Waals surface area (Å²) < 4.78 is 13.3. The van der Waals surface area contributed by atoms with Gasteiger partial charge in [-0.1, -0.05) is 6.07 Å². The molecule has 2 heterocycles. The van der Waals surface area contributed by atoms with Gasteiger partial charge in [-0.05, 0) is 36.1 Å². The fourth-order valence-corrected chi connectivity index (χ4v) is 2.61. The Labute approximate surface area is 107 Å². The van der Waals surface area contributed by atoms with Gasteiger partial charge >= 0.3 is 0 Å². The molecule has 0 saturated carbocycles. The van der Waals surface area contributed by atoms with Gasteiger partial charge in [0, 0.05) is 5.56 Å². The molecule has 0 atom stereocenters. The smallest absolute Gasteiger partial charge is 0.163 e. The summed E-state index contributed by atoms with van der Waals surface area (Å²) in [4.78, 5) is 9.50. The van der Waals surface area contributed by atoms with E-state index in [0.29, 0.717) is 17.2 Å². The number of halogens is 1. The van der Waals surface area contributed by atoms with Crippen molar-refractivity contribution in [1.29, 1.82) is 0 Å². The summed E-state index contributed by atoms with van der Waals surface area (Å²) in [6, 6.07) is 6.45. The first kappa shape index (κ1) is 11.1. The van der Waals surface area contributed by atoms with E-state index in [9.17, 15) is 4.39 Å². The van der Waals surface area contributed by atoms with Crippen LogP contribution in [0.15, 0.2) is 29.6 Å². The zero-order valence-corrected chi connectivity index (χ0v) is 10.5. The molecule has 0 aliphatic rings. The van der Waals surface area contributed by atoms with Gasteiger partial charge in [-0.15, -0.1) is 11.3 Å². The molecule has 0 aliphatic carbocycles. The first-order chi connectivity index (χ1) is 8.65. The number of nitrogens with two attached hydrogens (primary N) is 1. The van der Waals surface area contributed by atoms with Crippen molar-refractivity contribution in [2.45, 2.75) is 6.92 Å². The van der Waals surface area contributed by atoms with E-state index in [1.807, 2.05) is 18.4 Å². The standard InChI is InChI=1S/C13H10FN3S/c1-7-2-3-8(14)6-10(7)12-16-11(15)9-4-5-18-13(9)17-12/h2-6H,1H3,(H2,15,16,17). The van der Waals surface area contributed by atoms with Crippen LogP contribution < -0.4 is 5.73 Å². The topological polar surface area (TPSA) is 51.8 Å². The van der Waals surface area contributed by atoms with Gasteiger partial charge in [0.2, 0.25) is 0 Å². The van der Waals surface area contributed by atoms with Crippen molar-refractivity contribution in [2.24, 2.45) is 0 Å². The molecule has 18 heavy (non-hydrogen) atoms. The number of hydrogen-bond acceptors (Lipinski definition) is 4. The van der Waals surface area contributed by atoms with E-state index >= 15 is 0 Å². The predicted molar refractivity (Wildman–Crippen MR) is 72.0 cm³/mol. The van der Waals surface area contributed by atoms with Crippen LogP contribution in [0, 0.1) is 12.7 Å². The Morgan fingerprint density at radius 1 is 1.22 bits per heavy atom. The van der Waals surface area contributed by atoms with Crippen LogP contribution in [0.3, 0.4) is 0 Å². The van der Waals surface area contributed by atoms with Crippen LogP contribution in [0.25, 0.3) is 21.6 Å². The first-order valence-electron chi connectivity index (χ1n) is 5.42. The highest BCUT2D eigenvalue weighted by molar-refractivity contribution is 7.16. The Hall–Kier alpha value is -2.01. The maximum atomic E-state index is 13.3. The van der Waals surface area contributed by atoms with E-state index < -0.39 is 0 Å². The van der Waals surface area contributed by atoms with Gasteiger partial charge in [-0.25, -0.2) is 14.4 Å². The normalized spacial score (nSPS) is 11.0. The molecule has 3 rings (SSSR count). The number of fused-ring (bicyclic) bond motifs is 1. The molecule has 0 aliphatic heterocycles. The quantitative estimate of drug-likeness (QED) is 0.728. The van der Waals surface area contributed by atoms with Crippen LogP contribution in [0.1, 0.15) is 5.56 Å². The second-order valence-electron chi connectivity index (χ2n) is 4.03. The first-order valence-corrected chi connectivity index (χ1v) is 6.30. The third-order valence-electron chi connectivity index (χ3n) is 2.80. The average molecular weight is 259 g/mol. The molecule has 0 fully saturated rings. The van der Waals surface area contributed by atoms with Crippen molar-refractivity contribution >= 4 is 27.4 Å². The largest absolute Gasteiger partial charge is 0.383 e. The van der Waals surface area contributed by atoms with Crippen molar-refractivity contribution in [2.75, 3.05) is 5.73 Å². The minimum Gasteiger partial charge on any atom is -0.383 e. The number of anilines is 1. The summed E-state index contributed by atoms with van der Waals surface area (Å²) in [5.74, 6) is 0.600. The van der Waals surface area contributed by atoms with Crippen LogP contribution in [0.2, 0.25) is 0 Å². The summed E-state index contributed by atoms with van der Waals surface area (Å²) >= 11 is 1.50. The SMILES string of the molecule is Cc1ccc(F)cc1-c1nc(N)c2ccsc2n1. The van der Waals surface area contributed by atoms with Crippen LogP contribution in [-0.4, -0.2) is 9.97 Å². The van der Waals surface area contributed by atoms with E-state index in [4.69, 9.17) is 5.73 Å². The van der Waals surface area contributed by atoms with E-state index in [1.54, 1.807) is 6.07 Å². The van der Waals surface area contributed by atoms with E-state index in [2.05, 4.69) is 9.97 Å². The lowest BCUT2D eigenvalue weighted by Gasteiger charge is -2.06. The van der Waals surface area contributed by atoms with Gasteiger partial charge in [0.1, 0.15) is 16.5 Å². The van der Waals surface area contributed by atoms with Crippen molar-refractivity contribution in [3.8, 4) is 11.4 Å². The molecular weight excluding hydrogens is 249 g/mol. The Morgan fingerprint density at radius 2 is 2.06 bits per heavy atom. The number of nitrogens with zero attached hydrogens (tertiary/aromatic N) is 2. The number of hydrogen-bond donors (Lipinski definition) is 1. The van der Waals surface area contributed by atoms with Gasteiger partial charge in [-0.3, -0.25) is 0 Å². The highest BCUT2D eigenvalue weighted by atomic mass is 32.1. The maximum Gasteiger partial charge on any atom is 0.163 e. The Kier molecular flexibility index (Phi) is 2.48. The summed E-state index contributed by atoms with van der Waals surface area (Å²) in [6.45, 7) is 1.90. The van der Waals surface area contributed by atoms with Crippen molar-refractivity contribution in [3.63, 3.8) is 0 Å². The fourth-order valence-electron chi connectivity index (χ4n) is 1.83. The van der Waals surface area contributed by atoms with Crippen LogP contribution >= 0.6 is 11.3 Å². The monoisotopic (exact) mass is 259 g/mol.